The third kappa shape index (κ3) is 3.04. The van der Waals surface area contributed by atoms with E-state index in [0.29, 0.717) is 6.04 Å². The highest BCUT2D eigenvalue weighted by molar-refractivity contribution is 5.19. The van der Waals surface area contributed by atoms with Gasteiger partial charge >= 0.3 is 0 Å². The molecule has 16 heavy (non-hydrogen) atoms. The average molecular weight is 221 g/mol. The molecule has 1 fully saturated rings. The van der Waals surface area contributed by atoms with E-state index in [2.05, 4.69) is 5.32 Å². The Labute approximate surface area is 96.4 Å². The van der Waals surface area contributed by atoms with Crippen LogP contribution in [0.3, 0.4) is 0 Å². The third-order valence-electron chi connectivity index (χ3n) is 2.98. The van der Waals surface area contributed by atoms with Crippen molar-refractivity contribution in [1.29, 1.82) is 0 Å². The first-order chi connectivity index (χ1) is 7.90. The fourth-order valence-corrected chi connectivity index (χ4v) is 2.10. The van der Waals surface area contributed by atoms with Gasteiger partial charge in [-0.2, -0.15) is 0 Å². The summed E-state index contributed by atoms with van der Waals surface area (Å²) in [6, 6.07) is 10.4. The molecule has 1 heterocycles. The molecule has 0 spiro atoms. The SMILES string of the molecule is OCC(NC1CCCOC1)c1ccccc1. The van der Waals surface area contributed by atoms with Gasteiger partial charge in [0.2, 0.25) is 0 Å². The van der Waals surface area contributed by atoms with Gasteiger partial charge in [-0.15, -0.1) is 0 Å². The molecule has 0 amide bonds. The maximum Gasteiger partial charge on any atom is 0.0626 e. The minimum absolute atomic E-state index is 0.0212. The summed E-state index contributed by atoms with van der Waals surface area (Å²) in [5.41, 5.74) is 1.13. The summed E-state index contributed by atoms with van der Waals surface area (Å²) in [4.78, 5) is 0. The maximum atomic E-state index is 9.41. The molecule has 0 bridgehead atoms. The lowest BCUT2D eigenvalue weighted by molar-refractivity contribution is 0.0623. The summed E-state index contributed by atoms with van der Waals surface area (Å²) in [5.74, 6) is 0. The predicted octanol–water partition coefficient (Wildman–Crippen LogP) is 1.49. The van der Waals surface area contributed by atoms with Gasteiger partial charge in [-0.25, -0.2) is 0 Å². The zero-order valence-electron chi connectivity index (χ0n) is 9.43. The van der Waals surface area contributed by atoms with Crippen LogP contribution in [0.5, 0.6) is 0 Å². The van der Waals surface area contributed by atoms with E-state index in [9.17, 15) is 5.11 Å². The number of aliphatic hydroxyl groups is 1. The van der Waals surface area contributed by atoms with E-state index in [1.807, 2.05) is 30.3 Å². The van der Waals surface area contributed by atoms with E-state index >= 15 is 0 Å². The fourth-order valence-electron chi connectivity index (χ4n) is 2.10. The Morgan fingerprint density at radius 2 is 2.19 bits per heavy atom. The Bertz CT molecular complexity index is 296. The predicted molar refractivity (Wildman–Crippen MR) is 63.2 cm³/mol. The summed E-state index contributed by atoms with van der Waals surface area (Å²) in [6.45, 7) is 1.75. The highest BCUT2D eigenvalue weighted by Gasteiger charge is 2.18. The largest absolute Gasteiger partial charge is 0.394 e. The van der Waals surface area contributed by atoms with Crippen LogP contribution in [-0.4, -0.2) is 31.0 Å². The van der Waals surface area contributed by atoms with Gasteiger partial charge in [0, 0.05) is 12.6 Å². The van der Waals surface area contributed by atoms with Crippen LogP contribution in [0, 0.1) is 0 Å². The zero-order chi connectivity index (χ0) is 11.2. The van der Waals surface area contributed by atoms with Gasteiger partial charge in [0.25, 0.3) is 0 Å². The van der Waals surface area contributed by atoms with Crippen LogP contribution in [-0.2, 0) is 4.74 Å². The number of rotatable bonds is 4. The van der Waals surface area contributed by atoms with Crippen LogP contribution in [0.15, 0.2) is 30.3 Å². The van der Waals surface area contributed by atoms with Crippen molar-refractivity contribution in [2.45, 2.75) is 24.9 Å². The van der Waals surface area contributed by atoms with Crippen LogP contribution < -0.4 is 5.32 Å². The molecule has 2 atom stereocenters. The highest BCUT2D eigenvalue weighted by atomic mass is 16.5. The van der Waals surface area contributed by atoms with E-state index in [0.717, 1.165) is 31.6 Å². The van der Waals surface area contributed by atoms with Crippen molar-refractivity contribution in [2.75, 3.05) is 19.8 Å². The second-order valence-electron chi connectivity index (χ2n) is 4.23. The number of hydrogen-bond donors (Lipinski definition) is 2. The molecule has 1 aliphatic rings. The van der Waals surface area contributed by atoms with E-state index in [1.165, 1.54) is 0 Å². The molecule has 1 saturated heterocycles. The fraction of sp³-hybridized carbons (Fsp3) is 0.538. The van der Waals surface area contributed by atoms with Crippen molar-refractivity contribution in [1.82, 2.24) is 5.32 Å². The molecule has 0 radical (unpaired) electrons. The van der Waals surface area contributed by atoms with Crippen molar-refractivity contribution >= 4 is 0 Å². The summed E-state index contributed by atoms with van der Waals surface area (Å²) in [7, 11) is 0. The molecular formula is C13H19NO2. The first-order valence-electron chi connectivity index (χ1n) is 5.90. The van der Waals surface area contributed by atoms with Gasteiger partial charge in [-0.1, -0.05) is 30.3 Å². The lowest BCUT2D eigenvalue weighted by Gasteiger charge is -2.27. The summed E-state index contributed by atoms with van der Waals surface area (Å²) >= 11 is 0. The Hall–Kier alpha value is -0.900. The monoisotopic (exact) mass is 221 g/mol. The van der Waals surface area contributed by atoms with Gasteiger partial charge in [0.15, 0.2) is 0 Å². The van der Waals surface area contributed by atoms with E-state index in [4.69, 9.17) is 4.74 Å². The lowest BCUT2D eigenvalue weighted by atomic mass is 10.0. The Morgan fingerprint density at radius 3 is 2.81 bits per heavy atom. The third-order valence-corrected chi connectivity index (χ3v) is 2.98. The molecule has 88 valence electrons. The highest BCUT2D eigenvalue weighted by Crippen LogP contribution is 2.15. The van der Waals surface area contributed by atoms with Gasteiger partial charge in [0.05, 0.1) is 19.3 Å². The topological polar surface area (TPSA) is 41.5 Å². The molecule has 3 nitrogen and oxygen atoms in total. The normalized spacial score (nSPS) is 22.9. The number of hydrogen-bond acceptors (Lipinski definition) is 3. The standard InChI is InChI=1S/C13H19NO2/c15-9-13(11-5-2-1-3-6-11)14-12-7-4-8-16-10-12/h1-3,5-6,12-15H,4,7-10H2. The first-order valence-corrected chi connectivity index (χ1v) is 5.90. The van der Waals surface area contributed by atoms with Crippen molar-refractivity contribution in [3.05, 3.63) is 35.9 Å². The molecule has 1 aromatic rings. The first kappa shape index (κ1) is 11.6. The molecule has 0 saturated carbocycles. The van der Waals surface area contributed by atoms with Crippen LogP contribution in [0.25, 0.3) is 0 Å². The maximum absolute atomic E-state index is 9.41. The average Bonchev–Trinajstić information content (AvgIpc) is 2.38. The van der Waals surface area contributed by atoms with Crippen molar-refractivity contribution in [3.8, 4) is 0 Å². The minimum atomic E-state index is 0.0212. The summed E-state index contributed by atoms with van der Waals surface area (Å²) < 4.78 is 5.42. The molecule has 0 aliphatic carbocycles. The summed E-state index contributed by atoms with van der Waals surface area (Å²) in [5, 5.41) is 12.9. The Balaban J connectivity index is 1.94. The molecule has 2 rings (SSSR count). The number of ether oxygens (including phenoxy) is 1. The molecule has 3 heteroatoms. The molecular weight excluding hydrogens is 202 g/mol. The molecule has 1 aromatic carbocycles. The van der Waals surface area contributed by atoms with Gasteiger partial charge in [-0.3, -0.25) is 0 Å². The van der Waals surface area contributed by atoms with E-state index in [-0.39, 0.29) is 12.6 Å². The van der Waals surface area contributed by atoms with Crippen molar-refractivity contribution in [3.63, 3.8) is 0 Å². The summed E-state index contributed by atoms with van der Waals surface area (Å²) in [6.07, 6.45) is 2.23. The number of nitrogens with one attached hydrogen (secondary N) is 1. The molecule has 0 aromatic heterocycles. The van der Waals surface area contributed by atoms with Crippen LogP contribution in [0.2, 0.25) is 0 Å². The molecule has 1 aliphatic heterocycles. The number of benzene rings is 1. The Kier molecular flexibility index (Phi) is 4.34. The molecule has 2 N–H and O–H groups in total. The van der Waals surface area contributed by atoms with Crippen LogP contribution >= 0.6 is 0 Å². The van der Waals surface area contributed by atoms with Gasteiger partial charge in [0.1, 0.15) is 0 Å². The van der Waals surface area contributed by atoms with E-state index < -0.39 is 0 Å². The lowest BCUT2D eigenvalue weighted by Crippen LogP contribution is -2.40. The Morgan fingerprint density at radius 1 is 1.38 bits per heavy atom. The minimum Gasteiger partial charge on any atom is -0.394 e. The number of aliphatic hydroxyl groups excluding tert-OH is 1. The van der Waals surface area contributed by atoms with Gasteiger partial charge < -0.3 is 15.2 Å². The van der Waals surface area contributed by atoms with Gasteiger partial charge in [-0.05, 0) is 18.4 Å². The van der Waals surface area contributed by atoms with Crippen LogP contribution in [0.1, 0.15) is 24.4 Å². The zero-order valence-corrected chi connectivity index (χ0v) is 9.43. The smallest absolute Gasteiger partial charge is 0.0626 e. The second kappa shape index (κ2) is 5.99. The van der Waals surface area contributed by atoms with Crippen LogP contribution in [0.4, 0.5) is 0 Å². The quantitative estimate of drug-likeness (QED) is 0.809. The van der Waals surface area contributed by atoms with Crippen molar-refractivity contribution in [2.24, 2.45) is 0 Å². The van der Waals surface area contributed by atoms with Crippen molar-refractivity contribution < 1.29 is 9.84 Å². The second-order valence-corrected chi connectivity index (χ2v) is 4.23. The molecule has 2 unspecified atom stereocenters. The van der Waals surface area contributed by atoms with E-state index in [1.54, 1.807) is 0 Å².